The third-order valence-corrected chi connectivity index (χ3v) is 3.49. The second-order valence-electron chi connectivity index (χ2n) is 4.08. The second-order valence-corrected chi connectivity index (χ2v) is 4.84. The lowest BCUT2D eigenvalue weighted by atomic mass is 10.1. The quantitative estimate of drug-likeness (QED) is 0.848. The molecule has 18 heavy (non-hydrogen) atoms. The van der Waals surface area contributed by atoms with Crippen LogP contribution < -0.4 is 5.32 Å². The van der Waals surface area contributed by atoms with E-state index in [9.17, 15) is 0 Å². The van der Waals surface area contributed by atoms with E-state index < -0.39 is 0 Å². The summed E-state index contributed by atoms with van der Waals surface area (Å²) in [7, 11) is 0. The Morgan fingerprint density at radius 2 is 1.94 bits per heavy atom. The number of nitrogens with one attached hydrogen (secondary N) is 1. The summed E-state index contributed by atoms with van der Waals surface area (Å²) in [4.78, 5) is 4.05. The van der Waals surface area contributed by atoms with Gasteiger partial charge in [0.25, 0.3) is 0 Å². The Kier molecular flexibility index (Phi) is 4.59. The van der Waals surface area contributed by atoms with E-state index in [0.717, 1.165) is 16.1 Å². The van der Waals surface area contributed by atoms with Crippen LogP contribution in [0.4, 0.5) is 0 Å². The molecule has 0 aliphatic heterocycles. The van der Waals surface area contributed by atoms with Crippen LogP contribution in [0.15, 0.2) is 42.6 Å². The average molecular weight is 281 g/mol. The summed E-state index contributed by atoms with van der Waals surface area (Å²) in [5, 5.41) is 4.70. The van der Waals surface area contributed by atoms with Crippen LogP contribution in [0.3, 0.4) is 0 Å². The maximum Gasteiger partial charge on any atom is 0.133 e. The molecule has 2 rings (SSSR count). The molecule has 0 bridgehead atoms. The molecule has 0 radical (unpaired) electrons. The molecule has 2 aromatic rings. The van der Waals surface area contributed by atoms with E-state index >= 15 is 0 Å². The summed E-state index contributed by atoms with van der Waals surface area (Å²) in [5.41, 5.74) is 2.07. The number of halogens is 2. The molecule has 0 fully saturated rings. The molecule has 0 spiro atoms. The predicted octanol–water partition coefficient (Wildman–Crippen LogP) is 4.24. The molecule has 1 aromatic carbocycles. The number of nitrogens with zero attached hydrogens (tertiary/aromatic N) is 1. The van der Waals surface area contributed by atoms with Gasteiger partial charge >= 0.3 is 0 Å². The Morgan fingerprint density at radius 1 is 1.17 bits per heavy atom. The zero-order valence-corrected chi connectivity index (χ0v) is 11.5. The van der Waals surface area contributed by atoms with Crippen molar-refractivity contribution < 1.29 is 0 Å². The molecular formula is C14H14Cl2N2. The summed E-state index contributed by atoms with van der Waals surface area (Å²) in [6.45, 7) is 2.74. The third kappa shape index (κ3) is 3.22. The first-order valence-corrected chi connectivity index (χ1v) is 6.51. The van der Waals surface area contributed by atoms with Crippen molar-refractivity contribution in [3.63, 3.8) is 0 Å². The molecule has 0 aliphatic carbocycles. The van der Waals surface area contributed by atoms with Crippen molar-refractivity contribution in [2.75, 3.05) is 0 Å². The monoisotopic (exact) mass is 280 g/mol. The number of benzene rings is 1. The minimum atomic E-state index is 0.162. The molecule has 1 N–H and O–H groups in total. The second kappa shape index (κ2) is 6.19. The van der Waals surface area contributed by atoms with Gasteiger partial charge in [-0.15, -0.1) is 0 Å². The topological polar surface area (TPSA) is 24.9 Å². The molecule has 1 unspecified atom stereocenters. The minimum absolute atomic E-state index is 0.162. The molecule has 1 heterocycles. The van der Waals surface area contributed by atoms with Crippen LogP contribution >= 0.6 is 23.2 Å². The highest BCUT2D eigenvalue weighted by atomic mass is 35.5. The van der Waals surface area contributed by atoms with E-state index in [1.54, 1.807) is 6.20 Å². The van der Waals surface area contributed by atoms with Gasteiger partial charge in [-0.25, -0.2) is 4.98 Å². The largest absolute Gasteiger partial charge is 0.306 e. The van der Waals surface area contributed by atoms with E-state index in [4.69, 9.17) is 23.2 Å². The lowest BCUT2D eigenvalue weighted by molar-refractivity contribution is 0.574. The fraction of sp³-hybridized carbons (Fsp3) is 0.214. The Hall–Kier alpha value is -1.09. The number of hydrogen-bond donors (Lipinski definition) is 1. The van der Waals surface area contributed by atoms with Gasteiger partial charge in [0.05, 0.1) is 0 Å². The van der Waals surface area contributed by atoms with E-state index in [0.29, 0.717) is 11.7 Å². The summed E-state index contributed by atoms with van der Waals surface area (Å²) in [6.07, 6.45) is 1.68. The first-order valence-electron chi connectivity index (χ1n) is 5.75. The van der Waals surface area contributed by atoms with Crippen molar-refractivity contribution in [2.45, 2.75) is 19.5 Å². The number of aromatic nitrogens is 1. The van der Waals surface area contributed by atoms with E-state index in [1.807, 2.05) is 36.4 Å². The summed E-state index contributed by atoms with van der Waals surface area (Å²) < 4.78 is 0. The molecule has 0 saturated carbocycles. The Morgan fingerprint density at radius 3 is 2.67 bits per heavy atom. The van der Waals surface area contributed by atoms with Gasteiger partial charge in [0, 0.05) is 29.4 Å². The fourth-order valence-electron chi connectivity index (χ4n) is 1.75. The van der Waals surface area contributed by atoms with Crippen LogP contribution in [0.1, 0.15) is 24.1 Å². The van der Waals surface area contributed by atoms with Crippen LogP contribution in [-0.2, 0) is 6.54 Å². The molecule has 0 aliphatic rings. The van der Waals surface area contributed by atoms with Gasteiger partial charge in [0.15, 0.2) is 0 Å². The zero-order chi connectivity index (χ0) is 13.0. The Labute approximate surface area is 117 Å². The van der Waals surface area contributed by atoms with E-state index in [-0.39, 0.29) is 6.04 Å². The highest BCUT2D eigenvalue weighted by Crippen LogP contribution is 2.22. The highest BCUT2D eigenvalue weighted by Gasteiger charge is 2.09. The Balaban J connectivity index is 2.03. The van der Waals surface area contributed by atoms with Crippen molar-refractivity contribution in [1.29, 1.82) is 0 Å². The molecule has 94 valence electrons. The van der Waals surface area contributed by atoms with Crippen LogP contribution in [0.5, 0.6) is 0 Å². The third-order valence-electron chi connectivity index (χ3n) is 2.81. The number of rotatable bonds is 4. The van der Waals surface area contributed by atoms with Crippen LogP contribution in [0.25, 0.3) is 0 Å². The van der Waals surface area contributed by atoms with Crippen LogP contribution in [0.2, 0.25) is 10.2 Å². The van der Waals surface area contributed by atoms with Gasteiger partial charge in [-0.3, -0.25) is 0 Å². The lowest BCUT2D eigenvalue weighted by Gasteiger charge is -2.15. The van der Waals surface area contributed by atoms with Gasteiger partial charge in [0.1, 0.15) is 5.15 Å². The van der Waals surface area contributed by atoms with Crippen molar-refractivity contribution in [2.24, 2.45) is 0 Å². The number of pyridine rings is 1. The average Bonchev–Trinajstić information content (AvgIpc) is 2.38. The zero-order valence-electron chi connectivity index (χ0n) is 10.0. The van der Waals surface area contributed by atoms with Gasteiger partial charge in [-0.05, 0) is 24.6 Å². The molecule has 1 aromatic heterocycles. The first kappa shape index (κ1) is 13.3. The molecule has 2 nitrogen and oxygen atoms in total. The lowest BCUT2D eigenvalue weighted by Crippen LogP contribution is -2.18. The molecular weight excluding hydrogens is 267 g/mol. The fourth-order valence-corrected chi connectivity index (χ4v) is 2.24. The van der Waals surface area contributed by atoms with Crippen molar-refractivity contribution in [3.05, 3.63) is 63.9 Å². The smallest absolute Gasteiger partial charge is 0.133 e. The standard InChI is InChI=1S/C14H14Cl2N2/c1-10(12-6-2-3-7-13(12)15)18-9-11-5-4-8-17-14(11)16/h2-8,10,18H,9H2,1H3. The minimum Gasteiger partial charge on any atom is -0.306 e. The van der Waals surface area contributed by atoms with Crippen LogP contribution in [-0.4, -0.2) is 4.98 Å². The van der Waals surface area contributed by atoms with Gasteiger partial charge in [-0.1, -0.05) is 47.5 Å². The van der Waals surface area contributed by atoms with Gasteiger partial charge in [-0.2, -0.15) is 0 Å². The van der Waals surface area contributed by atoms with Gasteiger partial charge in [0.2, 0.25) is 0 Å². The maximum absolute atomic E-state index is 6.15. The van der Waals surface area contributed by atoms with Crippen molar-refractivity contribution >= 4 is 23.2 Å². The normalized spacial score (nSPS) is 12.4. The Bertz CT molecular complexity index is 529. The summed E-state index contributed by atoms with van der Waals surface area (Å²) >= 11 is 12.2. The molecule has 4 heteroatoms. The molecule has 1 atom stereocenters. The summed E-state index contributed by atoms with van der Waals surface area (Å²) in [5.74, 6) is 0. The summed E-state index contributed by atoms with van der Waals surface area (Å²) in [6, 6.07) is 11.8. The van der Waals surface area contributed by atoms with E-state index in [1.165, 1.54) is 0 Å². The van der Waals surface area contributed by atoms with Crippen molar-refractivity contribution in [1.82, 2.24) is 10.3 Å². The predicted molar refractivity (Wildman–Crippen MR) is 76.0 cm³/mol. The van der Waals surface area contributed by atoms with Crippen LogP contribution in [0, 0.1) is 0 Å². The molecule has 0 amide bonds. The van der Waals surface area contributed by atoms with Gasteiger partial charge < -0.3 is 5.32 Å². The van der Waals surface area contributed by atoms with Crippen molar-refractivity contribution in [3.8, 4) is 0 Å². The first-order chi connectivity index (χ1) is 8.68. The maximum atomic E-state index is 6.15. The highest BCUT2D eigenvalue weighted by molar-refractivity contribution is 6.31. The SMILES string of the molecule is CC(NCc1cccnc1Cl)c1ccccc1Cl. The number of hydrogen-bond acceptors (Lipinski definition) is 2. The van der Waals surface area contributed by atoms with E-state index in [2.05, 4.69) is 17.2 Å². The molecule has 0 saturated heterocycles.